The zero-order valence-electron chi connectivity index (χ0n) is 16.1. The number of nitrogens with one attached hydrogen (secondary N) is 1. The van der Waals surface area contributed by atoms with Crippen LogP contribution < -0.4 is 15.8 Å². The third kappa shape index (κ3) is 3.54. The van der Waals surface area contributed by atoms with E-state index in [0.29, 0.717) is 22.6 Å². The van der Waals surface area contributed by atoms with Gasteiger partial charge in [0.2, 0.25) is 5.91 Å². The van der Waals surface area contributed by atoms with Gasteiger partial charge in [-0.15, -0.1) is 0 Å². The van der Waals surface area contributed by atoms with Crippen LogP contribution in [0.5, 0.6) is 11.5 Å². The second kappa shape index (κ2) is 7.70. The number of ether oxygens (including phenoxy) is 3. The Bertz CT molecular complexity index is 1030. The Morgan fingerprint density at radius 1 is 1.31 bits per heavy atom. The SMILES string of the molecule is COC(=O)c1ccc(NC(=O)Cc2c(O)c3c(c(C)c2OC)COC3=O)cc1N. The summed E-state index contributed by atoms with van der Waals surface area (Å²) in [5.74, 6) is -1.72. The second-order valence-corrected chi connectivity index (χ2v) is 6.43. The maximum atomic E-state index is 12.6. The number of nitrogens with two attached hydrogens (primary N) is 1. The highest BCUT2D eigenvalue weighted by Gasteiger charge is 2.32. The van der Waals surface area contributed by atoms with Gasteiger partial charge < -0.3 is 30.4 Å². The molecule has 29 heavy (non-hydrogen) atoms. The lowest BCUT2D eigenvalue weighted by molar-refractivity contribution is -0.115. The van der Waals surface area contributed by atoms with Crippen molar-refractivity contribution in [1.29, 1.82) is 0 Å². The third-order valence-corrected chi connectivity index (χ3v) is 4.73. The Kier molecular flexibility index (Phi) is 5.31. The molecule has 0 atom stereocenters. The number of esters is 2. The standard InChI is InChI=1S/C20H20N2O7/c1-9-13-8-29-20(26)16(13)17(24)12(18(9)27-2)7-15(23)22-10-4-5-11(14(21)6-10)19(25)28-3/h4-6,24H,7-8,21H2,1-3H3,(H,22,23). The number of fused-ring (bicyclic) bond motifs is 1. The molecular weight excluding hydrogens is 380 g/mol. The van der Waals surface area contributed by atoms with Gasteiger partial charge in [-0.2, -0.15) is 0 Å². The number of phenols is 1. The molecule has 1 aliphatic rings. The largest absolute Gasteiger partial charge is 0.507 e. The summed E-state index contributed by atoms with van der Waals surface area (Å²) < 4.78 is 15.0. The lowest BCUT2D eigenvalue weighted by Gasteiger charge is -2.16. The molecule has 0 radical (unpaired) electrons. The summed E-state index contributed by atoms with van der Waals surface area (Å²) >= 11 is 0. The van der Waals surface area contributed by atoms with Crippen molar-refractivity contribution in [3.05, 3.63) is 46.0 Å². The van der Waals surface area contributed by atoms with Crippen LogP contribution in [0.3, 0.4) is 0 Å². The summed E-state index contributed by atoms with van der Waals surface area (Å²) in [6.07, 6.45) is -0.255. The molecule has 9 nitrogen and oxygen atoms in total. The Morgan fingerprint density at radius 2 is 2.03 bits per heavy atom. The van der Waals surface area contributed by atoms with Crippen LogP contribution in [0.1, 0.15) is 37.4 Å². The summed E-state index contributed by atoms with van der Waals surface area (Å²) in [6.45, 7) is 1.77. The maximum absolute atomic E-state index is 12.6. The average molecular weight is 400 g/mol. The first-order valence-corrected chi connectivity index (χ1v) is 8.64. The molecule has 0 saturated carbocycles. The molecule has 0 aliphatic carbocycles. The molecule has 0 unspecified atom stereocenters. The molecule has 4 N–H and O–H groups in total. The monoisotopic (exact) mass is 400 g/mol. The Labute approximate surface area is 166 Å². The van der Waals surface area contributed by atoms with Crippen molar-refractivity contribution in [2.75, 3.05) is 25.3 Å². The Morgan fingerprint density at radius 3 is 2.66 bits per heavy atom. The van der Waals surface area contributed by atoms with Crippen LogP contribution in [-0.2, 0) is 27.3 Å². The van der Waals surface area contributed by atoms with Gasteiger partial charge in [-0.3, -0.25) is 4.79 Å². The number of carbonyl (C=O) groups is 3. The van der Waals surface area contributed by atoms with Crippen molar-refractivity contribution in [3.63, 3.8) is 0 Å². The minimum atomic E-state index is -0.643. The molecule has 1 aliphatic heterocycles. The van der Waals surface area contributed by atoms with E-state index in [1.54, 1.807) is 6.92 Å². The number of methoxy groups -OCH3 is 2. The first-order valence-electron chi connectivity index (χ1n) is 8.64. The molecule has 152 valence electrons. The number of amides is 1. The molecule has 0 spiro atoms. The number of anilines is 2. The number of cyclic esters (lactones) is 1. The number of hydrogen-bond donors (Lipinski definition) is 3. The second-order valence-electron chi connectivity index (χ2n) is 6.43. The van der Waals surface area contributed by atoms with Crippen molar-refractivity contribution in [3.8, 4) is 11.5 Å². The normalized spacial score (nSPS) is 12.2. The van der Waals surface area contributed by atoms with E-state index in [1.807, 2.05) is 0 Å². The minimum Gasteiger partial charge on any atom is -0.507 e. The van der Waals surface area contributed by atoms with E-state index in [1.165, 1.54) is 32.4 Å². The number of aromatic hydroxyl groups is 1. The van der Waals surface area contributed by atoms with Gasteiger partial charge in [-0.1, -0.05) is 0 Å². The van der Waals surface area contributed by atoms with Crippen molar-refractivity contribution < 1.29 is 33.7 Å². The lowest BCUT2D eigenvalue weighted by Crippen LogP contribution is -2.17. The predicted octanol–water partition coefficient (Wildman–Crippen LogP) is 1.93. The average Bonchev–Trinajstić information content (AvgIpc) is 3.07. The molecule has 2 aromatic carbocycles. The smallest absolute Gasteiger partial charge is 0.342 e. The van der Waals surface area contributed by atoms with Crippen molar-refractivity contribution in [2.24, 2.45) is 0 Å². The molecular formula is C20H20N2O7. The molecule has 0 aromatic heterocycles. The Balaban J connectivity index is 1.87. The van der Waals surface area contributed by atoms with Crippen LogP contribution in [0.25, 0.3) is 0 Å². The van der Waals surface area contributed by atoms with Crippen molar-refractivity contribution in [1.82, 2.24) is 0 Å². The van der Waals surface area contributed by atoms with Crippen LogP contribution >= 0.6 is 0 Å². The van der Waals surface area contributed by atoms with Crippen LogP contribution in [0, 0.1) is 6.92 Å². The molecule has 0 fully saturated rings. The van der Waals surface area contributed by atoms with Crippen LogP contribution in [0.15, 0.2) is 18.2 Å². The van der Waals surface area contributed by atoms with E-state index in [0.717, 1.165) is 0 Å². The third-order valence-electron chi connectivity index (χ3n) is 4.73. The molecule has 3 rings (SSSR count). The zero-order valence-corrected chi connectivity index (χ0v) is 16.1. The van der Waals surface area contributed by atoms with E-state index in [9.17, 15) is 19.5 Å². The fourth-order valence-electron chi connectivity index (χ4n) is 3.30. The Hall–Kier alpha value is -3.75. The van der Waals surface area contributed by atoms with Gasteiger partial charge in [0.1, 0.15) is 23.7 Å². The van der Waals surface area contributed by atoms with Gasteiger partial charge in [0.25, 0.3) is 0 Å². The zero-order chi connectivity index (χ0) is 21.3. The summed E-state index contributed by atoms with van der Waals surface area (Å²) in [6, 6.07) is 4.36. The van der Waals surface area contributed by atoms with Gasteiger partial charge in [0.05, 0.1) is 26.2 Å². The fraction of sp³-hybridized carbons (Fsp3) is 0.250. The number of phenolic OH excluding ortho intramolecular Hbond substituents is 1. The first kappa shape index (κ1) is 20.0. The molecule has 0 saturated heterocycles. The minimum absolute atomic E-state index is 0.0439. The van der Waals surface area contributed by atoms with E-state index >= 15 is 0 Å². The molecule has 1 heterocycles. The summed E-state index contributed by atoms with van der Waals surface area (Å²) in [5, 5.41) is 13.2. The number of carbonyl (C=O) groups excluding carboxylic acids is 3. The van der Waals surface area contributed by atoms with Gasteiger partial charge in [-0.05, 0) is 30.7 Å². The number of hydrogen-bond acceptors (Lipinski definition) is 8. The maximum Gasteiger partial charge on any atom is 0.342 e. The topological polar surface area (TPSA) is 137 Å². The first-order chi connectivity index (χ1) is 13.8. The van der Waals surface area contributed by atoms with E-state index in [4.69, 9.17) is 15.2 Å². The van der Waals surface area contributed by atoms with E-state index in [2.05, 4.69) is 10.1 Å². The summed E-state index contributed by atoms with van der Waals surface area (Å²) in [7, 11) is 2.66. The molecule has 1 amide bonds. The van der Waals surface area contributed by atoms with Crippen molar-refractivity contribution >= 4 is 29.2 Å². The molecule has 0 bridgehead atoms. The van der Waals surface area contributed by atoms with Crippen LogP contribution in [0.4, 0.5) is 11.4 Å². The number of nitrogen functional groups attached to an aromatic ring is 1. The molecule has 9 heteroatoms. The van der Waals surface area contributed by atoms with Gasteiger partial charge in [-0.25, -0.2) is 9.59 Å². The molecule has 2 aromatic rings. The predicted molar refractivity (Wildman–Crippen MR) is 103 cm³/mol. The lowest BCUT2D eigenvalue weighted by atomic mass is 9.95. The van der Waals surface area contributed by atoms with Gasteiger partial charge >= 0.3 is 11.9 Å². The van der Waals surface area contributed by atoms with E-state index < -0.39 is 17.8 Å². The highest BCUT2D eigenvalue weighted by atomic mass is 16.5. The fourth-order valence-corrected chi connectivity index (χ4v) is 3.30. The highest BCUT2D eigenvalue weighted by Crippen LogP contribution is 2.41. The highest BCUT2D eigenvalue weighted by molar-refractivity contribution is 6.00. The quantitative estimate of drug-likeness (QED) is 0.511. The van der Waals surface area contributed by atoms with Crippen LogP contribution in [0.2, 0.25) is 0 Å². The van der Waals surface area contributed by atoms with Crippen molar-refractivity contribution in [2.45, 2.75) is 20.0 Å². The summed E-state index contributed by atoms with van der Waals surface area (Å²) in [5.41, 5.74) is 7.91. The van der Waals surface area contributed by atoms with Crippen LogP contribution in [-0.4, -0.2) is 37.2 Å². The number of rotatable bonds is 5. The van der Waals surface area contributed by atoms with E-state index in [-0.39, 0.29) is 41.2 Å². The van der Waals surface area contributed by atoms with Gasteiger partial charge in [0.15, 0.2) is 0 Å². The number of benzene rings is 2. The van der Waals surface area contributed by atoms with Gasteiger partial charge in [0, 0.05) is 22.5 Å². The summed E-state index contributed by atoms with van der Waals surface area (Å²) in [4.78, 5) is 36.1.